The van der Waals surface area contributed by atoms with Gasteiger partial charge in [-0.2, -0.15) is 0 Å². The maximum Gasteiger partial charge on any atom is 0.191 e. The Morgan fingerprint density at radius 1 is 1.07 bits per heavy atom. The molecule has 0 bridgehead atoms. The van der Waals surface area contributed by atoms with E-state index in [-0.39, 0.29) is 29.5 Å². The van der Waals surface area contributed by atoms with Crippen LogP contribution in [0.15, 0.2) is 29.3 Å². The van der Waals surface area contributed by atoms with E-state index < -0.39 is 0 Å². The van der Waals surface area contributed by atoms with Crippen LogP contribution in [0.5, 0.6) is 0 Å². The van der Waals surface area contributed by atoms with Gasteiger partial charge in [0.25, 0.3) is 0 Å². The summed E-state index contributed by atoms with van der Waals surface area (Å²) >= 11 is 0. The standard InChI is InChI=1S/C21H37N5.HI/c1-21(2,26-13-9-6-10-14-26)17-24-20(22-3)23-15-18-11-7-8-12-19(18)16-25(4)5;/h7-8,11-12H,6,9-10,13-17H2,1-5H3,(H2,22,23,24);1H. The molecule has 0 saturated carbocycles. The van der Waals surface area contributed by atoms with E-state index in [1.807, 2.05) is 7.05 Å². The molecule has 1 fully saturated rings. The van der Waals surface area contributed by atoms with E-state index in [1.165, 1.54) is 43.5 Å². The summed E-state index contributed by atoms with van der Waals surface area (Å²) < 4.78 is 0. The molecule has 1 saturated heterocycles. The molecular weight excluding hydrogens is 449 g/mol. The number of piperidine rings is 1. The molecule has 0 aromatic heterocycles. The molecule has 0 atom stereocenters. The molecule has 1 heterocycles. The van der Waals surface area contributed by atoms with Gasteiger partial charge in [0.2, 0.25) is 0 Å². The van der Waals surface area contributed by atoms with Gasteiger partial charge in [0.15, 0.2) is 5.96 Å². The van der Waals surface area contributed by atoms with Crippen LogP contribution >= 0.6 is 24.0 Å². The predicted octanol–water partition coefficient (Wildman–Crippen LogP) is 3.30. The van der Waals surface area contributed by atoms with Gasteiger partial charge in [-0.3, -0.25) is 9.89 Å². The average molecular weight is 487 g/mol. The van der Waals surface area contributed by atoms with Crippen molar-refractivity contribution in [1.29, 1.82) is 0 Å². The molecule has 5 nitrogen and oxygen atoms in total. The van der Waals surface area contributed by atoms with E-state index in [1.54, 1.807) is 0 Å². The molecular formula is C21H38IN5. The second kappa shape index (κ2) is 11.9. The summed E-state index contributed by atoms with van der Waals surface area (Å²) in [6.45, 7) is 9.69. The van der Waals surface area contributed by atoms with Crippen LogP contribution in [0.3, 0.4) is 0 Å². The lowest BCUT2D eigenvalue weighted by Gasteiger charge is -2.41. The Bertz CT molecular complexity index is 580. The first-order chi connectivity index (χ1) is 12.4. The summed E-state index contributed by atoms with van der Waals surface area (Å²) in [5.41, 5.74) is 2.81. The Morgan fingerprint density at radius 2 is 1.70 bits per heavy atom. The van der Waals surface area contributed by atoms with Crippen molar-refractivity contribution in [2.24, 2.45) is 4.99 Å². The van der Waals surface area contributed by atoms with Crippen molar-refractivity contribution >= 4 is 29.9 Å². The van der Waals surface area contributed by atoms with Crippen LogP contribution in [0.25, 0.3) is 0 Å². The number of hydrogen-bond acceptors (Lipinski definition) is 3. The fourth-order valence-electron chi connectivity index (χ4n) is 3.54. The Morgan fingerprint density at radius 3 is 2.30 bits per heavy atom. The van der Waals surface area contributed by atoms with Crippen LogP contribution in [0.2, 0.25) is 0 Å². The van der Waals surface area contributed by atoms with Crippen LogP contribution in [0.1, 0.15) is 44.2 Å². The van der Waals surface area contributed by atoms with E-state index in [2.05, 4.69) is 77.6 Å². The number of benzene rings is 1. The third-order valence-corrected chi connectivity index (χ3v) is 5.18. The van der Waals surface area contributed by atoms with E-state index in [0.29, 0.717) is 0 Å². The molecule has 0 amide bonds. The summed E-state index contributed by atoms with van der Waals surface area (Å²) in [5.74, 6) is 0.870. The molecule has 2 rings (SSSR count). The molecule has 27 heavy (non-hydrogen) atoms. The highest BCUT2D eigenvalue weighted by Crippen LogP contribution is 2.19. The van der Waals surface area contributed by atoms with E-state index in [4.69, 9.17) is 0 Å². The zero-order chi connectivity index (χ0) is 19.0. The molecule has 1 aliphatic heterocycles. The molecule has 0 spiro atoms. The number of nitrogens with one attached hydrogen (secondary N) is 2. The third-order valence-electron chi connectivity index (χ3n) is 5.18. The third kappa shape index (κ3) is 7.95. The Kier molecular flexibility index (Phi) is 10.6. The zero-order valence-corrected chi connectivity index (χ0v) is 20.0. The first-order valence-electron chi connectivity index (χ1n) is 9.83. The van der Waals surface area contributed by atoms with Gasteiger partial charge in [0.05, 0.1) is 0 Å². The van der Waals surface area contributed by atoms with Crippen molar-refractivity contribution in [3.05, 3.63) is 35.4 Å². The first kappa shape index (κ1) is 24.2. The summed E-state index contributed by atoms with van der Waals surface area (Å²) in [6, 6.07) is 8.60. The second-order valence-corrected chi connectivity index (χ2v) is 8.15. The average Bonchev–Trinajstić information content (AvgIpc) is 2.63. The van der Waals surface area contributed by atoms with Gasteiger partial charge in [-0.1, -0.05) is 30.7 Å². The maximum absolute atomic E-state index is 4.41. The molecule has 2 N–H and O–H groups in total. The summed E-state index contributed by atoms with van der Waals surface area (Å²) in [5, 5.41) is 7.00. The van der Waals surface area contributed by atoms with Gasteiger partial charge in [0, 0.05) is 32.2 Å². The Labute approximate surface area is 183 Å². The fourth-order valence-corrected chi connectivity index (χ4v) is 3.54. The number of guanidine groups is 1. The SMILES string of the molecule is CN=C(NCc1ccccc1CN(C)C)NCC(C)(C)N1CCCCC1.I. The molecule has 0 aliphatic carbocycles. The zero-order valence-electron chi connectivity index (χ0n) is 17.7. The highest BCUT2D eigenvalue weighted by molar-refractivity contribution is 14.0. The van der Waals surface area contributed by atoms with Crippen molar-refractivity contribution in [3.8, 4) is 0 Å². The molecule has 0 unspecified atom stereocenters. The normalized spacial score (nSPS) is 16.1. The lowest BCUT2D eigenvalue weighted by molar-refractivity contribution is 0.0982. The highest BCUT2D eigenvalue weighted by Gasteiger charge is 2.27. The molecule has 1 aromatic rings. The number of aliphatic imine (C=N–C) groups is 1. The minimum Gasteiger partial charge on any atom is -0.355 e. The van der Waals surface area contributed by atoms with E-state index in [0.717, 1.165) is 25.6 Å². The number of rotatable bonds is 7. The molecule has 0 radical (unpaired) electrons. The van der Waals surface area contributed by atoms with Gasteiger partial charge in [-0.15, -0.1) is 24.0 Å². The van der Waals surface area contributed by atoms with Crippen LogP contribution in [0, 0.1) is 0 Å². The quantitative estimate of drug-likeness (QED) is 0.352. The first-order valence-corrected chi connectivity index (χ1v) is 9.83. The Hall–Kier alpha value is -0.860. The van der Waals surface area contributed by atoms with Gasteiger partial charge < -0.3 is 15.5 Å². The minimum absolute atomic E-state index is 0. The minimum atomic E-state index is 0. The molecule has 1 aliphatic rings. The van der Waals surface area contributed by atoms with Gasteiger partial charge in [-0.05, 0) is 65.0 Å². The van der Waals surface area contributed by atoms with Gasteiger partial charge in [-0.25, -0.2) is 0 Å². The van der Waals surface area contributed by atoms with E-state index in [9.17, 15) is 0 Å². The van der Waals surface area contributed by atoms with Crippen LogP contribution < -0.4 is 10.6 Å². The predicted molar refractivity (Wildman–Crippen MR) is 127 cm³/mol. The summed E-state index contributed by atoms with van der Waals surface area (Å²) in [6.07, 6.45) is 4.01. The largest absolute Gasteiger partial charge is 0.355 e. The smallest absolute Gasteiger partial charge is 0.191 e. The Balaban J connectivity index is 0.00000364. The van der Waals surface area contributed by atoms with Crippen molar-refractivity contribution in [2.45, 2.75) is 51.7 Å². The van der Waals surface area contributed by atoms with Crippen molar-refractivity contribution < 1.29 is 0 Å². The van der Waals surface area contributed by atoms with Crippen molar-refractivity contribution in [3.63, 3.8) is 0 Å². The molecule has 1 aromatic carbocycles. The summed E-state index contributed by atoms with van der Waals surface area (Å²) in [7, 11) is 6.05. The number of hydrogen-bond donors (Lipinski definition) is 2. The number of likely N-dealkylation sites (tertiary alicyclic amines) is 1. The lowest BCUT2D eigenvalue weighted by Crippen LogP contribution is -2.54. The fraction of sp³-hybridized carbons (Fsp3) is 0.667. The van der Waals surface area contributed by atoms with Gasteiger partial charge >= 0.3 is 0 Å². The lowest BCUT2D eigenvalue weighted by atomic mass is 9.98. The van der Waals surface area contributed by atoms with Crippen LogP contribution in [-0.4, -0.2) is 62.1 Å². The van der Waals surface area contributed by atoms with Crippen molar-refractivity contribution in [2.75, 3.05) is 40.8 Å². The van der Waals surface area contributed by atoms with Crippen LogP contribution in [-0.2, 0) is 13.1 Å². The second-order valence-electron chi connectivity index (χ2n) is 8.15. The molecule has 6 heteroatoms. The number of nitrogens with zero attached hydrogens (tertiary/aromatic N) is 3. The highest BCUT2D eigenvalue weighted by atomic mass is 127. The van der Waals surface area contributed by atoms with Crippen LogP contribution in [0.4, 0.5) is 0 Å². The van der Waals surface area contributed by atoms with Gasteiger partial charge in [0.1, 0.15) is 0 Å². The number of halogens is 1. The van der Waals surface area contributed by atoms with Crippen molar-refractivity contribution in [1.82, 2.24) is 20.4 Å². The summed E-state index contributed by atoms with van der Waals surface area (Å²) in [4.78, 5) is 9.21. The topological polar surface area (TPSA) is 42.9 Å². The van der Waals surface area contributed by atoms with E-state index >= 15 is 0 Å². The molecule has 154 valence electrons. The maximum atomic E-state index is 4.41. The monoisotopic (exact) mass is 487 g/mol.